The van der Waals surface area contributed by atoms with Crippen molar-refractivity contribution in [2.75, 3.05) is 4.90 Å². The quantitative estimate of drug-likeness (QED) is 0.147. The minimum absolute atomic E-state index is 0.0788. The molecule has 0 saturated carbocycles. The maximum atomic E-state index is 2.47. The molecule has 2 nitrogen and oxygen atoms in total. The van der Waals surface area contributed by atoms with Crippen LogP contribution in [0.3, 0.4) is 0 Å². The molecule has 0 fully saturated rings. The molecule has 0 N–H and O–H groups in total. The van der Waals surface area contributed by atoms with Crippen LogP contribution < -0.4 is 4.90 Å². The zero-order chi connectivity index (χ0) is 47.7. The lowest BCUT2D eigenvalue weighted by Gasteiger charge is -2.34. The van der Waals surface area contributed by atoms with Crippen molar-refractivity contribution in [2.45, 2.75) is 31.6 Å². The molecule has 0 saturated heterocycles. The fraction of sp³-hybridized carbons (Fsp3) is 0.0725. The number of hydrogen-bond donors (Lipinski definition) is 0. The van der Waals surface area contributed by atoms with Crippen LogP contribution in [0.1, 0.15) is 48.6 Å². The molecule has 0 atom stereocenters. The Balaban J connectivity index is 0.854. The van der Waals surface area contributed by atoms with E-state index in [9.17, 15) is 0 Å². The number of fused-ring (bicyclic) bond motifs is 7. The summed E-state index contributed by atoms with van der Waals surface area (Å²) in [4.78, 5) is 2.37. The molecule has 1 aliphatic rings. The van der Waals surface area contributed by atoms with E-state index in [2.05, 4.69) is 291 Å². The van der Waals surface area contributed by atoms with Gasteiger partial charge in [0.2, 0.25) is 0 Å². The second-order valence-corrected chi connectivity index (χ2v) is 20.1. The van der Waals surface area contributed by atoms with E-state index in [0.29, 0.717) is 0 Å². The summed E-state index contributed by atoms with van der Waals surface area (Å²) in [5.41, 5.74) is 20.3. The summed E-state index contributed by atoms with van der Waals surface area (Å²) in [5.74, 6) is 0. The molecule has 1 heterocycles. The predicted octanol–water partition coefficient (Wildman–Crippen LogP) is 18.4. The first-order chi connectivity index (χ1) is 34.8. The molecular formula is C69H52N2. The zero-order valence-electron chi connectivity index (χ0n) is 40.2. The van der Waals surface area contributed by atoms with Crippen molar-refractivity contribution in [2.24, 2.45) is 0 Å². The first-order valence-corrected chi connectivity index (χ1v) is 24.8. The number of hydrogen-bond acceptors (Lipinski definition) is 1. The first-order valence-electron chi connectivity index (χ1n) is 24.8. The Morgan fingerprint density at radius 2 is 0.873 bits per heavy atom. The van der Waals surface area contributed by atoms with Crippen molar-refractivity contribution in [1.29, 1.82) is 0 Å². The van der Waals surface area contributed by atoms with Crippen molar-refractivity contribution in [3.05, 3.63) is 289 Å². The third-order valence-electron chi connectivity index (χ3n) is 15.0. The van der Waals surface area contributed by atoms with Gasteiger partial charge in [0, 0.05) is 33.5 Å². The molecule has 11 aromatic carbocycles. The number of benzene rings is 11. The van der Waals surface area contributed by atoms with Gasteiger partial charge in [0.15, 0.2) is 0 Å². The molecule has 0 aliphatic heterocycles. The van der Waals surface area contributed by atoms with Gasteiger partial charge in [-0.05, 0) is 144 Å². The smallest absolute Gasteiger partial charge is 0.0714 e. The van der Waals surface area contributed by atoms with Crippen molar-refractivity contribution < 1.29 is 0 Å². The summed E-state index contributed by atoms with van der Waals surface area (Å²) in [6.07, 6.45) is 0. The molecule has 338 valence electrons. The van der Waals surface area contributed by atoms with Crippen molar-refractivity contribution in [3.8, 4) is 39.1 Å². The highest BCUT2D eigenvalue weighted by Gasteiger charge is 2.46. The number of rotatable bonds is 8. The fourth-order valence-electron chi connectivity index (χ4n) is 11.5. The average Bonchev–Trinajstić information content (AvgIpc) is 3.92. The summed E-state index contributed by atoms with van der Waals surface area (Å²) in [6, 6.07) is 96.6. The third-order valence-corrected chi connectivity index (χ3v) is 15.0. The van der Waals surface area contributed by atoms with Crippen LogP contribution in [0.15, 0.2) is 261 Å². The van der Waals surface area contributed by atoms with Gasteiger partial charge in [-0.15, -0.1) is 0 Å². The molecule has 0 amide bonds. The fourth-order valence-corrected chi connectivity index (χ4v) is 11.5. The molecule has 0 radical (unpaired) electrons. The summed E-state index contributed by atoms with van der Waals surface area (Å²) in [7, 11) is 0. The van der Waals surface area contributed by atoms with Crippen LogP contribution in [-0.2, 0) is 10.8 Å². The SMILES string of the molecule is CC(C)(C)c1ccc(N(c2ccc(-c3ccc(-c4ccc5c(c4)c4ccccc4n5-c4ccc5c(c4)C(c4ccccc4)(c4ccccc4)c4ccccc4-5)cc3)cc2)c2ccc3ccccc3c2)cc1. The van der Waals surface area contributed by atoms with Gasteiger partial charge in [-0.1, -0.05) is 215 Å². The summed E-state index contributed by atoms with van der Waals surface area (Å²) >= 11 is 0. The van der Waals surface area contributed by atoms with E-state index in [1.54, 1.807) is 0 Å². The average molecular weight is 909 g/mol. The molecule has 0 unspecified atom stereocenters. The highest BCUT2D eigenvalue weighted by molar-refractivity contribution is 6.10. The largest absolute Gasteiger partial charge is 0.310 e. The molecule has 12 aromatic rings. The van der Waals surface area contributed by atoms with Crippen LogP contribution in [0.25, 0.3) is 71.6 Å². The van der Waals surface area contributed by atoms with Crippen molar-refractivity contribution >= 4 is 49.6 Å². The second kappa shape index (κ2) is 16.8. The monoisotopic (exact) mass is 908 g/mol. The van der Waals surface area contributed by atoms with Gasteiger partial charge in [-0.25, -0.2) is 0 Å². The van der Waals surface area contributed by atoms with E-state index in [1.165, 1.54) is 93.8 Å². The van der Waals surface area contributed by atoms with Gasteiger partial charge in [0.05, 0.1) is 16.4 Å². The van der Waals surface area contributed by atoms with Gasteiger partial charge in [0.1, 0.15) is 0 Å². The molecule has 0 bridgehead atoms. The van der Waals surface area contributed by atoms with Gasteiger partial charge < -0.3 is 9.47 Å². The Kier molecular flexibility index (Phi) is 10.0. The maximum Gasteiger partial charge on any atom is 0.0714 e. The molecular weight excluding hydrogens is 857 g/mol. The molecule has 1 aromatic heterocycles. The summed E-state index contributed by atoms with van der Waals surface area (Å²) in [5, 5.41) is 4.94. The normalized spacial score (nSPS) is 12.8. The van der Waals surface area contributed by atoms with Crippen molar-refractivity contribution in [1.82, 2.24) is 4.57 Å². The lowest BCUT2D eigenvalue weighted by Crippen LogP contribution is -2.28. The Labute approximate surface area is 416 Å². The van der Waals surface area contributed by atoms with E-state index >= 15 is 0 Å². The Hall–Kier alpha value is -8.72. The molecule has 71 heavy (non-hydrogen) atoms. The molecule has 1 aliphatic carbocycles. The minimum atomic E-state index is -0.470. The highest BCUT2D eigenvalue weighted by atomic mass is 15.1. The van der Waals surface area contributed by atoms with Gasteiger partial charge in [0.25, 0.3) is 0 Å². The molecule has 0 spiro atoms. The summed E-state index contributed by atoms with van der Waals surface area (Å²) in [6.45, 7) is 6.80. The topological polar surface area (TPSA) is 8.17 Å². The maximum absolute atomic E-state index is 2.47. The third kappa shape index (κ3) is 7.01. The lowest BCUT2D eigenvalue weighted by atomic mass is 9.67. The second-order valence-electron chi connectivity index (χ2n) is 20.1. The Morgan fingerprint density at radius 1 is 0.352 bits per heavy atom. The van der Waals surface area contributed by atoms with E-state index in [0.717, 1.165) is 22.7 Å². The highest BCUT2D eigenvalue weighted by Crippen LogP contribution is 2.56. The standard InChI is InChI=1S/C69H52N2/c1-68(2,3)53-34-39-57(40-35-53)70(58-38-32-47-16-10-11-17-51(47)44-58)56-36-30-49(31-37-56)48-26-28-50(29-27-48)52-33-43-67-63(45-52)62-23-13-15-25-66(62)71(67)59-41-42-61-60-22-12-14-24-64(60)69(65(61)46-59,54-18-6-4-7-19-54)55-20-8-5-9-21-55/h4-46H,1-3H3. The Bertz CT molecular complexity index is 3890. The van der Waals surface area contributed by atoms with E-state index in [1.807, 2.05) is 0 Å². The van der Waals surface area contributed by atoms with E-state index < -0.39 is 5.41 Å². The lowest BCUT2D eigenvalue weighted by molar-refractivity contribution is 0.590. The van der Waals surface area contributed by atoms with Crippen LogP contribution in [-0.4, -0.2) is 4.57 Å². The van der Waals surface area contributed by atoms with E-state index in [4.69, 9.17) is 0 Å². The minimum Gasteiger partial charge on any atom is -0.310 e. The van der Waals surface area contributed by atoms with Crippen LogP contribution in [0.5, 0.6) is 0 Å². The van der Waals surface area contributed by atoms with Crippen LogP contribution in [0, 0.1) is 0 Å². The van der Waals surface area contributed by atoms with Gasteiger partial charge in [-0.3, -0.25) is 0 Å². The first kappa shape index (κ1) is 42.4. The van der Waals surface area contributed by atoms with Gasteiger partial charge in [-0.2, -0.15) is 0 Å². The zero-order valence-corrected chi connectivity index (χ0v) is 40.2. The Morgan fingerprint density at radius 3 is 1.56 bits per heavy atom. The molecule has 2 heteroatoms. The van der Waals surface area contributed by atoms with Crippen LogP contribution in [0.4, 0.5) is 17.1 Å². The number of nitrogens with zero attached hydrogens (tertiary/aromatic N) is 2. The summed E-state index contributed by atoms with van der Waals surface area (Å²) < 4.78 is 2.47. The van der Waals surface area contributed by atoms with Crippen molar-refractivity contribution in [3.63, 3.8) is 0 Å². The molecule has 13 rings (SSSR count). The van der Waals surface area contributed by atoms with Gasteiger partial charge >= 0.3 is 0 Å². The number of aromatic nitrogens is 1. The predicted molar refractivity (Wildman–Crippen MR) is 300 cm³/mol. The van der Waals surface area contributed by atoms with Crippen LogP contribution >= 0.6 is 0 Å². The van der Waals surface area contributed by atoms with E-state index in [-0.39, 0.29) is 5.41 Å². The number of para-hydroxylation sites is 1. The van der Waals surface area contributed by atoms with Crippen LogP contribution in [0.2, 0.25) is 0 Å². The number of anilines is 3.